The number of amides is 1. The minimum absolute atomic E-state index is 0.186. The summed E-state index contributed by atoms with van der Waals surface area (Å²) in [7, 11) is 0. The zero-order valence-corrected chi connectivity index (χ0v) is 22.2. The average molecular weight is 564 g/mol. The van der Waals surface area contributed by atoms with Gasteiger partial charge in [0, 0.05) is 15.6 Å². The SMILES string of the molecule is CCOc1cc(/C=N/NC(=O)Cc2cc(C)ccc2C)cc(Br)c1OCc1ccc(Cl)cc1Cl. The van der Waals surface area contributed by atoms with E-state index in [9.17, 15) is 4.79 Å². The molecule has 0 aliphatic rings. The quantitative estimate of drug-likeness (QED) is 0.224. The normalized spacial score (nSPS) is 11.0. The topological polar surface area (TPSA) is 59.9 Å². The van der Waals surface area contributed by atoms with Crippen LogP contribution in [0.3, 0.4) is 0 Å². The fraction of sp³-hybridized carbons (Fsp3) is 0.231. The summed E-state index contributed by atoms with van der Waals surface area (Å²) in [4.78, 5) is 12.3. The van der Waals surface area contributed by atoms with Gasteiger partial charge in [-0.1, -0.05) is 53.0 Å². The number of hydrogen-bond acceptors (Lipinski definition) is 4. The summed E-state index contributed by atoms with van der Waals surface area (Å²) in [5.41, 5.74) is 7.30. The predicted molar refractivity (Wildman–Crippen MR) is 141 cm³/mol. The van der Waals surface area contributed by atoms with Crippen molar-refractivity contribution in [2.45, 2.75) is 33.8 Å². The summed E-state index contributed by atoms with van der Waals surface area (Å²) in [5, 5.41) is 5.20. The second-order valence-corrected chi connectivity index (χ2v) is 9.39. The molecule has 0 unspecified atom stereocenters. The number of benzene rings is 3. The number of aryl methyl sites for hydroxylation is 2. The summed E-state index contributed by atoms with van der Waals surface area (Å²) in [5.74, 6) is 0.906. The maximum absolute atomic E-state index is 12.3. The number of nitrogens with zero attached hydrogens (tertiary/aromatic N) is 1. The summed E-state index contributed by atoms with van der Waals surface area (Å²) in [6, 6.07) is 14.9. The molecule has 0 bridgehead atoms. The van der Waals surface area contributed by atoms with Crippen LogP contribution >= 0.6 is 39.1 Å². The van der Waals surface area contributed by atoms with E-state index in [-0.39, 0.29) is 18.9 Å². The van der Waals surface area contributed by atoms with Gasteiger partial charge in [-0.15, -0.1) is 0 Å². The lowest BCUT2D eigenvalue weighted by molar-refractivity contribution is -0.120. The van der Waals surface area contributed by atoms with Crippen molar-refractivity contribution < 1.29 is 14.3 Å². The van der Waals surface area contributed by atoms with Crippen molar-refractivity contribution >= 4 is 51.3 Å². The zero-order valence-electron chi connectivity index (χ0n) is 19.1. The maximum Gasteiger partial charge on any atom is 0.244 e. The Bertz CT molecular complexity index is 1210. The molecular formula is C26H25BrCl2N2O3. The fourth-order valence-electron chi connectivity index (χ4n) is 3.24. The zero-order chi connectivity index (χ0) is 24.7. The van der Waals surface area contributed by atoms with E-state index in [4.69, 9.17) is 32.7 Å². The number of nitrogens with one attached hydrogen (secondary N) is 1. The summed E-state index contributed by atoms with van der Waals surface area (Å²) in [6.45, 7) is 6.59. The van der Waals surface area contributed by atoms with Crippen molar-refractivity contribution in [3.63, 3.8) is 0 Å². The van der Waals surface area contributed by atoms with E-state index in [2.05, 4.69) is 26.5 Å². The van der Waals surface area contributed by atoms with Crippen LogP contribution in [0.1, 0.15) is 34.7 Å². The lowest BCUT2D eigenvalue weighted by Crippen LogP contribution is -2.20. The van der Waals surface area contributed by atoms with Crippen molar-refractivity contribution in [2.24, 2.45) is 5.10 Å². The predicted octanol–water partition coefficient (Wildman–Crippen LogP) is 7.04. The highest BCUT2D eigenvalue weighted by Gasteiger charge is 2.13. The van der Waals surface area contributed by atoms with Crippen LogP contribution in [-0.2, 0) is 17.8 Å². The molecule has 0 saturated heterocycles. The van der Waals surface area contributed by atoms with Crippen LogP contribution < -0.4 is 14.9 Å². The molecule has 8 heteroatoms. The van der Waals surface area contributed by atoms with Crippen molar-refractivity contribution in [3.05, 3.63) is 90.9 Å². The molecule has 1 N–H and O–H groups in total. The van der Waals surface area contributed by atoms with Gasteiger partial charge in [0.2, 0.25) is 5.91 Å². The minimum Gasteiger partial charge on any atom is -0.490 e. The van der Waals surface area contributed by atoms with Crippen LogP contribution in [0.15, 0.2) is 58.1 Å². The molecule has 5 nitrogen and oxygen atoms in total. The minimum atomic E-state index is -0.186. The molecule has 3 aromatic carbocycles. The Hall–Kier alpha value is -2.54. The van der Waals surface area contributed by atoms with Gasteiger partial charge in [0.1, 0.15) is 6.61 Å². The Balaban J connectivity index is 1.69. The van der Waals surface area contributed by atoms with Gasteiger partial charge in [0.15, 0.2) is 11.5 Å². The fourth-order valence-corrected chi connectivity index (χ4v) is 4.27. The Morgan fingerprint density at radius 3 is 2.59 bits per heavy atom. The average Bonchev–Trinajstić information content (AvgIpc) is 2.77. The third-order valence-corrected chi connectivity index (χ3v) is 6.15. The lowest BCUT2D eigenvalue weighted by atomic mass is 10.0. The molecule has 0 radical (unpaired) electrons. The van der Waals surface area contributed by atoms with Gasteiger partial charge in [-0.25, -0.2) is 5.43 Å². The van der Waals surface area contributed by atoms with Crippen LogP contribution in [0.4, 0.5) is 0 Å². The summed E-state index contributed by atoms with van der Waals surface area (Å²) < 4.78 is 12.5. The van der Waals surface area contributed by atoms with E-state index in [1.807, 2.05) is 51.1 Å². The highest BCUT2D eigenvalue weighted by molar-refractivity contribution is 9.10. The lowest BCUT2D eigenvalue weighted by Gasteiger charge is -2.15. The van der Waals surface area contributed by atoms with E-state index in [1.54, 1.807) is 24.4 Å². The molecule has 178 valence electrons. The van der Waals surface area contributed by atoms with Crippen LogP contribution in [-0.4, -0.2) is 18.7 Å². The Morgan fingerprint density at radius 1 is 1.06 bits per heavy atom. The first-order chi connectivity index (χ1) is 16.3. The molecule has 0 heterocycles. The van der Waals surface area contributed by atoms with Crippen molar-refractivity contribution in [1.29, 1.82) is 0 Å². The van der Waals surface area contributed by atoms with E-state index in [0.717, 1.165) is 27.8 Å². The molecular weight excluding hydrogens is 539 g/mol. The van der Waals surface area contributed by atoms with Crippen LogP contribution in [0.25, 0.3) is 0 Å². The van der Waals surface area contributed by atoms with Crippen LogP contribution in [0.5, 0.6) is 11.5 Å². The number of carbonyl (C=O) groups is 1. The first kappa shape index (κ1) is 26.1. The molecule has 0 aliphatic heterocycles. The Labute approximate surface area is 218 Å². The monoisotopic (exact) mass is 562 g/mol. The Morgan fingerprint density at radius 2 is 1.85 bits per heavy atom. The van der Waals surface area contributed by atoms with E-state index in [0.29, 0.717) is 32.6 Å². The molecule has 0 spiro atoms. The van der Waals surface area contributed by atoms with Crippen molar-refractivity contribution in [3.8, 4) is 11.5 Å². The van der Waals surface area contributed by atoms with Gasteiger partial charge >= 0.3 is 0 Å². The van der Waals surface area contributed by atoms with Gasteiger partial charge in [-0.05, 0) is 77.7 Å². The number of carbonyl (C=O) groups excluding carboxylic acids is 1. The van der Waals surface area contributed by atoms with Crippen LogP contribution in [0.2, 0.25) is 10.0 Å². The molecule has 0 saturated carbocycles. The number of ether oxygens (including phenoxy) is 2. The molecule has 34 heavy (non-hydrogen) atoms. The van der Waals surface area contributed by atoms with Crippen molar-refractivity contribution in [1.82, 2.24) is 5.43 Å². The van der Waals surface area contributed by atoms with Gasteiger partial charge in [-0.2, -0.15) is 5.10 Å². The number of halogens is 3. The van der Waals surface area contributed by atoms with Gasteiger partial charge < -0.3 is 9.47 Å². The molecule has 0 aliphatic carbocycles. The molecule has 0 aromatic heterocycles. The maximum atomic E-state index is 12.3. The van der Waals surface area contributed by atoms with E-state index in [1.165, 1.54) is 0 Å². The summed E-state index contributed by atoms with van der Waals surface area (Å²) >= 11 is 15.8. The highest BCUT2D eigenvalue weighted by Crippen LogP contribution is 2.37. The largest absolute Gasteiger partial charge is 0.490 e. The second-order valence-electron chi connectivity index (χ2n) is 7.69. The van der Waals surface area contributed by atoms with Crippen molar-refractivity contribution in [2.75, 3.05) is 6.61 Å². The van der Waals surface area contributed by atoms with Gasteiger partial charge in [0.05, 0.1) is 23.7 Å². The molecule has 1 amide bonds. The smallest absolute Gasteiger partial charge is 0.244 e. The highest BCUT2D eigenvalue weighted by atomic mass is 79.9. The standard InChI is InChI=1S/C26H25BrCl2N2O3/c1-4-33-24-11-18(14-30-31-25(32)12-20-9-16(2)5-6-17(20)3)10-22(27)26(24)34-15-19-7-8-21(28)13-23(19)29/h5-11,13-14H,4,12,15H2,1-3H3,(H,31,32)/b30-14+. The first-order valence-corrected chi connectivity index (χ1v) is 12.2. The number of hydrogen-bond donors (Lipinski definition) is 1. The third-order valence-electron chi connectivity index (χ3n) is 4.98. The number of hydrazone groups is 1. The van der Waals surface area contributed by atoms with Gasteiger partial charge in [-0.3, -0.25) is 4.79 Å². The van der Waals surface area contributed by atoms with Crippen LogP contribution in [0, 0.1) is 13.8 Å². The second kappa shape index (κ2) is 12.2. The molecule has 3 aromatic rings. The molecule has 0 atom stereocenters. The summed E-state index contributed by atoms with van der Waals surface area (Å²) in [6.07, 6.45) is 1.83. The molecule has 0 fully saturated rings. The Kier molecular flexibility index (Phi) is 9.39. The number of rotatable bonds is 9. The third kappa shape index (κ3) is 7.23. The van der Waals surface area contributed by atoms with E-state index >= 15 is 0 Å². The molecule has 3 rings (SSSR count). The van der Waals surface area contributed by atoms with Gasteiger partial charge in [0.25, 0.3) is 0 Å². The van der Waals surface area contributed by atoms with E-state index < -0.39 is 0 Å². The first-order valence-electron chi connectivity index (χ1n) is 10.7.